The summed E-state index contributed by atoms with van der Waals surface area (Å²) in [7, 11) is 0. The number of benzene rings is 3. The van der Waals surface area contributed by atoms with Crippen LogP contribution in [0.4, 0.5) is 0 Å². The molecular formula is C27H30O. The highest BCUT2D eigenvalue weighted by molar-refractivity contribution is 5.45. The third kappa shape index (κ3) is 4.20. The van der Waals surface area contributed by atoms with Crippen molar-refractivity contribution in [2.45, 2.75) is 50.4 Å². The molecule has 0 heterocycles. The number of fused-ring (bicyclic) bond motifs is 1. The summed E-state index contributed by atoms with van der Waals surface area (Å²) in [5.41, 5.74) is 7.53. The Morgan fingerprint density at radius 2 is 1.36 bits per heavy atom. The van der Waals surface area contributed by atoms with Gasteiger partial charge in [0.2, 0.25) is 0 Å². The SMILES string of the molecule is OCCCCc1ccc2c(c1)C(Cc1ccccc1)(Cc1ccccc1)CC2. The molecule has 4 rings (SSSR count). The van der Waals surface area contributed by atoms with E-state index < -0.39 is 0 Å². The zero-order valence-electron chi connectivity index (χ0n) is 16.6. The molecule has 1 aliphatic rings. The van der Waals surface area contributed by atoms with Crippen LogP contribution >= 0.6 is 0 Å². The number of hydrogen-bond acceptors (Lipinski definition) is 1. The molecule has 0 spiro atoms. The van der Waals surface area contributed by atoms with Gasteiger partial charge in [0.25, 0.3) is 0 Å². The molecule has 1 nitrogen and oxygen atoms in total. The first kappa shape index (κ1) is 19.0. The van der Waals surface area contributed by atoms with Gasteiger partial charge in [0.1, 0.15) is 0 Å². The molecule has 0 atom stereocenters. The molecule has 3 aromatic carbocycles. The molecule has 1 N–H and O–H groups in total. The lowest BCUT2D eigenvalue weighted by molar-refractivity contribution is 0.284. The van der Waals surface area contributed by atoms with E-state index in [2.05, 4.69) is 78.9 Å². The lowest BCUT2D eigenvalue weighted by Crippen LogP contribution is -2.29. The number of aliphatic hydroxyl groups excluding tert-OH is 1. The van der Waals surface area contributed by atoms with E-state index in [0.29, 0.717) is 0 Å². The first-order valence-electron chi connectivity index (χ1n) is 10.6. The van der Waals surface area contributed by atoms with E-state index in [9.17, 15) is 0 Å². The Morgan fingerprint density at radius 1 is 0.714 bits per heavy atom. The lowest BCUT2D eigenvalue weighted by Gasteiger charge is -2.32. The molecule has 0 unspecified atom stereocenters. The Kier molecular flexibility index (Phi) is 5.92. The zero-order valence-corrected chi connectivity index (χ0v) is 16.6. The van der Waals surface area contributed by atoms with E-state index in [1.807, 2.05) is 0 Å². The summed E-state index contributed by atoms with van der Waals surface area (Å²) in [5, 5.41) is 9.11. The van der Waals surface area contributed by atoms with Crippen molar-refractivity contribution in [3.05, 3.63) is 107 Å². The minimum Gasteiger partial charge on any atom is -0.396 e. The van der Waals surface area contributed by atoms with E-state index in [0.717, 1.165) is 32.1 Å². The van der Waals surface area contributed by atoms with E-state index in [1.54, 1.807) is 5.56 Å². The van der Waals surface area contributed by atoms with Crippen LogP contribution < -0.4 is 0 Å². The fourth-order valence-electron chi connectivity index (χ4n) is 4.84. The molecule has 0 saturated heterocycles. The number of unbranched alkanes of at least 4 members (excludes halogenated alkanes) is 1. The Labute approximate surface area is 169 Å². The second-order valence-corrected chi connectivity index (χ2v) is 8.28. The molecule has 0 saturated carbocycles. The zero-order chi connectivity index (χ0) is 19.2. The van der Waals surface area contributed by atoms with Crippen LogP contribution in [0.15, 0.2) is 78.9 Å². The van der Waals surface area contributed by atoms with Gasteiger partial charge in [-0.05, 0) is 72.8 Å². The summed E-state index contributed by atoms with van der Waals surface area (Å²) in [6, 6.07) is 29.1. The second kappa shape index (κ2) is 8.75. The highest BCUT2D eigenvalue weighted by Crippen LogP contribution is 2.44. The third-order valence-corrected chi connectivity index (χ3v) is 6.26. The Balaban J connectivity index is 1.69. The second-order valence-electron chi connectivity index (χ2n) is 8.28. The van der Waals surface area contributed by atoms with Crippen molar-refractivity contribution in [2.24, 2.45) is 0 Å². The van der Waals surface area contributed by atoms with Crippen molar-refractivity contribution in [3.8, 4) is 0 Å². The highest BCUT2D eigenvalue weighted by Gasteiger charge is 2.38. The van der Waals surface area contributed by atoms with Gasteiger partial charge in [0, 0.05) is 12.0 Å². The average molecular weight is 371 g/mol. The summed E-state index contributed by atoms with van der Waals surface area (Å²) >= 11 is 0. The third-order valence-electron chi connectivity index (χ3n) is 6.26. The Morgan fingerprint density at radius 3 is 1.96 bits per heavy atom. The maximum Gasteiger partial charge on any atom is 0.0431 e. The van der Waals surface area contributed by atoms with Crippen LogP contribution in [0, 0.1) is 0 Å². The standard InChI is InChI=1S/C27H30O/c28-18-8-7-9-22-14-15-25-16-17-27(26(25)19-22,20-23-10-3-1-4-11-23)21-24-12-5-2-6-13-24/h1-6,10-15,19,28H,7-9,16-18,20-21H2. The fourth-order valence-corrected chi connectivity index (χ4v) is 4.84. The molecule has 3 aromatic rings. The molecule has 0 fully saturated rings. The van der Waals surface area contributed by atoms with Crippen LogP contribution in [0.25, 0.3) is 0 Å². The predicted octanol–water partition coefficient (Wildman–Crippen LogP) is 5.67. The van der Waals surface area contributed by atoms with Gasteiger partial charge in [0.15, 0.2) is 0 Å². The molecule has 0 aromatic heterocycles. The molecule has 0 aliphatic heterocycles. The molecule has 0 radical (unpaired) electrons. The van der Waals surface area contributed by atoms with E-state index in [4.69, 9.17) is 5.11 Å². The quantitative estimate of drug-likeness (QED) is 0.506. The van der Waals surface area contributed by atoms with Gasteiger partial charge in [-0.25, -0.2) is 0 Å². The van der Waals surface area contributed by atoms with Crippen molar-refractivity contribution in [2.75, 3.05) is 6.61 Å². The van der Waals surface area contributed by atoms with Gasteiger partial charge in [0.05, 0.1) is 0 Å². The molecular weight excluding hydrogens is 340 g/mol. The summed E-state index contributed by atoms with van der Waals surface area (Å²) in [6.45, 7) is 0.289. The normalized spacial score (nSPS) is 14.8. The summed E-state index contributed by atoms with van der Waals surface area (Å²) in [6.07, 6.45) is 7.57. The molecule has 1 heteroatoms. The maximum absolute atomic E-state index is 9.11. The van der Waals surface area contributed by atoms with E-state index in [1.165, 1.54) is 35.1 Å². The monoisotopic (exact) mass is 370 g/mol. The van der Waals surface area contributed by atoms with Crippen molar-refractivity contribution >= 4 is 0 Å². The van der Waals surface area contributed by atoms with Crippen molar-refractivity contribution in [1.82, 2.24) is 0 Å². The largest absolute Gasteiger partial charge is 0.396 e. The molecule has 0 bridgehead atoms. The molecule has 28 heavy (non-hydrogen) atoms. The molecule has 1 aliphatic carbocycles. The smallest absolute Gasteiger partial charge is 0.0431 e. The van der Waals surface area contributed by atoms with Gasteiger partial charge in [-0.15, -0.1) is 0 Å². The van der Waals surface area contributed by atoms with Crippen LogP contribution in [-0.2, 0) is 31.1 Å². The topological polar surface area (TPSA) is 20.2 Å². The number of rotatable bonds is 8. The number of aryl methyl sites for hydroxylation is 2. The predicted molar refractivity (Wildman–Crippen MR) is 117 cm³/mol. The van der Waals surface area contributed by atoms with Gasteiger partial charge in [-0.3, -0.25) is 0 Å². The number of aliphatic hydroxyl groups is 1. The highest BCUT2D eigenvalue weighted by atomic mass is 16.2. The number of hydrogen-bond donors (Lipinski definition) is 1. The molecule has 0 amide bonds. The summed E-state index contributed by atoms with van der Waals surface area (Å²) < 4.78 is 0. The van der Waals surface area contributed by atoms with Crippen molar-refractivity contribution in [3.63, 3.8) is 0 Å². The Hall–Kier alpha value is -2.38. The minimum absolute atomic E-state index is 0.172. The van der Waals surface area contributed by atoms with Gasteiger partial charge >= 0.3 is 0 Å². The van der Waals surface area contributed by atoms with Crippen LogP contribution in [0.3, 0.4) is 0 Å². The van der Waals surface area contributed by atoms with Gasteiger partial charge in [-0.1, -0.05) is 78.9 Å². The van der Waals surface area contributed by atoms with E-state index >= 15 is 0 Å². The maximum atomic E-state index is 9.11. The van der Waals surface area contributed by atoms with Crippen LogP contribution in [0.1, 0.15) is 47.1 Å². The first-order valence-corrected chi connectivity index (χ1v) is 10.6. The summed E-state index contributed by atoms with van der Waals surface area (Å²) in [4.78, 5) is 0. The molecule has 144 valence electrons. The average Bonchev–Trinajstić information content (AvgIpc) is 3.07. The van der Waals surface area contributed by atoms with Crippen molar-refractivity contribution in [1.29, 1.82) is 0 Å². The Bertz CT molecular complexity index is 841. The van der Waals surface area contributed by atoms with Crippen LogP contribution in [0.2, 0.25) is 0 Å². The van der Waals surface area contributed by atoms with Crippen molar-refractivity contribution < 1.29 is 5.11 Å². The van der Waals surface area contributed by atoms with E-state index in [-0.39, 0.29) is 12.0 Å². The first-order chi connectivity index (χ1) is 13.8. The summed E-state index contributed by atoms with van der Waals surface area (Å²) in [5.74, 6) is 0. The minimum atomic E-state index is 0.172. The van der Waals surface area contributed by atoms with Crippen LogP contribution in [0.5, 0.6) is 0 Å². The lowest BCUT2D eigenvalue weighted by atomic mass is 9.72. The van der Waals surface area contributed by atoms with Crippen LogP contribution in [-0.4, -0.2) is 11.7 Å². The van der Waals surface area contributed by atoms with Gasteiger partial charge < -0.3 is 5.11 Å². The fraction of sp³-hybridized carbons (Fsp3) is 0.333. The van der Waals surface area contributed by atoms with Gasteiger partial charge in [-0.2, -0.15) is 0 Å².